The summed E-state index contributed by atoms with van der Waals surface area (Å²) in [5.41, 5.74) is 1.53. The van der Waals surface area contributed by atoms with Gasteiger partial charge >= 0.3 is 0 Å². The predicted octanol–water partition coefficient (Wildman–Crippen LogP) is 2.45. The minimum Gasteiger partial charge on any atom is -0.356 e. The lowest BCUT2D eigenvalue weighted by atomic mass is 9.98. The molecule has 0 aliphatic carbocycles. The molecule has 0 spiro atoms. The van der Waals surface area contributed by atoms with Gasteiger partial charge in [0.2, 0.25) is 5.91 Å². The van der Waals surface area contributed by atoms with Crippen molar-refractivity contribution in [1.82, 2.24) is 25.0 Å². The lowest BCUT2D eigenvalue weighted by Gasteiger charge is -2.31. The van der Waals surface area contributed by atoms with Gasteiger partial charge in [-0.25, -0.2) is 4.98 Å². The number of hydrogen-bond donors (Lipinski definition) is 1. The van der Waals surface area contributed by atoms with Crippen LogP contribution in [-0.2, 0) is 17.8 Å². The second-order valence-corrected chi connectivity index (χ2v) is 7.67. The van der Waals surface area contributed by atoms with E-state index in [1.54, 1.807) is 22.1 Å². The molecule has 0 radical (unpaired) electrons. The molecule has 27 heavy (non-hydrogen) atoms. The highest BCUT2D eigenvalue weighted by molar-refractivity contribution is 7.09. The molecular formula is C19H27N5O2S. The van der Waals surface area contributed by atoms with Crippen molar-refractivity contribution in [1.29, 1.82) is 0 Å². The van der Waals surface area contributed by atoms with E-state index in [1.807, 2.05) is 24.9 Å². The first kappa shape index (κ1) is 19.5. The zero-order chi connectivity index (χ0) is 19.2. The Kier molecular flexibility index (Phi) is 6.60. The normalized spacial score (nSPS) is 17.1. The van der Waals surface area contributed by atoms with Crippen LogP contribution in [0.5, 0.6) is 0 Å². The number of likely N-dealkylation sites (tertiary alicyclic amines) is 1. The van der Waals surface area contributed by atoms with E-state index in [4.69, 9.17) is 4.98 Å². The van der Waals surface area contributed by atoms with E-state index in [0.29, 0.717) is 25.2 Å². The molecule has 146 valence electrons. The van der Waals surface area contributed by atoms with Gasteiger partial charge in [-0.2, -0.15) is 5.10 Å². The molecule has 3 rings (SSSR count). The van der Waals surface area contributed by atoms with Crippen molar-refractivity contribution < 1.29 is 9.59 Å². The number of carbonyl (C=O) groups excluding carboxylic acids is 2. The third-order valence-electron chi connectivity index (χ3n) is 4.84. The molecule has 1 saturated heterocycles. The first-order valence-corrected chi connectivity index (χ1v) is 10.5. The summed E-state index contributed by atoms with van der Waals surface area (Å²) in [4.78, 5) is 30.7. The molecule has 3 heterocycles. The Labute approximate surface area is 163 Å². The molecule has 0 aromatic carbocycles. The molecule has 0 bridgehead atoms. The molecule has 1 aliphatic rings. The van der Waals surface area contributed by atoms with E-state index in [2.05, 4.69) is 15.8 Å². The van der Waals surface area contributed by atoms with Crippen LogP contribution in [0.3, 0.4) is 0 Å². The van der Waals surface area contributed by atoms with E-state index in [0.717, 1.165) is 43.1 Å². The third-order valence-corrected chi connectivity index (χ3v) is 5.89. The van der Waals surface area contributed by atoms with E-state index in [9.17, 15) is 9.59 Å². The Bertz CT molecular complexity index is 785. The van der Waals surface area contributed by atoms with Gasteiger partial charge in [-0.3, -0.25) is 14.3 Å². The van der Waals surface area contributed by atoms with Crippen molar-refractivity contribution in [2.75, 3.05) is 19.6 Å². The van der Waals surface area contributed by atoms with Gasteiger partial charge in [0.05, 0.1) is 10.7 Å². The number of aryl methyl sites for hydroxylation is 1. The van der Waals surface area contributed by atoms with Crippen LogP contribution in [0, 0.1) is 0 Å². The molecule has 2 aromatic heterocycles. The van der Waals surface area contributed by atoms with E-state index in [1.165, 1.54) is 0 Å². The van der Waals surface area contributed by atoms with Gasteiger partial charge in [0, 0.05) is 56.5 Å². The molecule has 0 unspecified atom stereocenters. The minimum atomic E-state index is 0.00552. The van der Waals surface area contributed by atoms with E-state index in [-0.39, 0.29) is 17.7 Å². The summed E-state index contributed by atoms with van der Waals surface area (Å²) in [5.74, 6) is 0.350. The largest absolute Gasteiger partial charge is 0.356 e. The molecular weight excluding hydrogens is 362 g/mol. The Hall–Kier alpha value is -2.22. The lowest BCUT2D eigenvalue weighted by Crippen LogP contribution is -2.39. The average Bonchev–Trinajstić information content (AvgIpc) is 3.37. The Morgan fingerprint density at radius 2 is 2.22 bits per heavy atom. The highest BCUT2D eigenvalue weighted by atomic mass is 32.1. The Balaban J connectivity index is 1.57. The van der Waals surface area contributed by atoms with Crippen LogP contribution >= 0.6 is 11.3 Å². The summed E-state index contributed by atoms with van der Waals surface area (Å²) in [6.45, 7) is 6.69. The number of piperidine rings is 1. The fourth-order valence-electron chi connectivity index (χ4n) is 3.26. The zero-order valence-electron chi connectivity index (χ0n) is 16.0. The predicted molar refractivity (Wildman–Crippen MR) is 105 cm³/mol. The summed E-state index contributed by atoms with van der Waals surface area (Å²) >= 11 is 1.66. The first-order valence-electron chi connectivity index (χ1n) is 9.64. The molecule has 8 heteroatoms. The third kappa shape index (κ3) is 4.94. The molecule has 2 aromatic rings. The standard InChI is InChI=1S/C19H27N5O2S/c1-3-17(25)20-9-7-15-13-27-18(21-15)14-6-5-10-23(12-14)19(26)16-8-11-24(4-2)22-16/h8,11,13-14H,3-7,9-10,12H2,1-2H3,(H,20,25)/t14-/m1/s1. The summed E-state index contributed by atoms with van der Waals surface area (Å²) in [5, 5.41) is 10.4. The topological polar surface area (TPSA) is 80.1 Å². The van der Waals surface area contributed by atoms with E-state index < -0.39 is 0 Å². The molecule has 1 fully saturated rings. The van der Waals surface area contributed by atoms with Crippen molar-refractivity contribution in [2.45, 2.75) is 52.0 Å². The number of nitrogens with zero attached hydrogens (tertiary/aromatic N) is 4. The number of nitrogens with one attached hydrogen (secondary N) is 1. The van der Waals surface area contributed by atoms with Crippen molar-refractivity contribution in [3.8, 4) is 0 Å². The number of amides is 2. The van der Waals surface area contributed by atoms with Gasteiger partial charge < -0.3 is 10.2 Å². The minimum absolute atomic E-state index is 0.00552. The maximum Gasteiger partial charge on any atom is 0.274 e. The van der Waals surface area contributed by atoms with Crippen LogP contribution in [0.1, 0.15) is 60.2 Å². The molecule has 1 aliphatic heterocycles. The number of carbonyl (C=O) groups is 2. The fourth-order valence-corrected chi connectivity index (χ4v) is 4.24. The summed E-state index contributed by atoms with van der Waals surface area (Å²) in [6.07, 6.45) is 5.12. The van der Waals surface area contributed by atoms with Crippen LogP contribution < -0.4 is 5.32 Å². The molecule has 2 amide bonds. The first-order chi connectivity index (χ1) is 13.1. The molecule has 1 atom stereocenters. The van der Waals surface area contributed by atoms with Crippen molar-refractivity contribution in [3.05, 3.63) is 34.0 Å². The van der Waals surface area contributed by atoms with Gasteiger partial charge in [0.25, 0.3) is 5.91 Å². The molecule has 1 N–H and O–H groups in total. The maximum absolute atomic E-state index is 12.7. The van der Waals surface area contributed by atoms with Crippen molar-refractivity contribution in [2.24, 2.45) is 0 Å². The van der Waals surface area contributed by atoms with Crippen LogP contribution in [0.25, 0.3) is 0 Å². The average molecular weight is 390 g/mol. The number of aromatic nitrogens is 3. The summed E-state index contributed by atoms with van der Waals surface area (Å²) < 4.78 is 1.78. The van der Waals surface area contributed by atoms with Gasteiger partial charge in [0.1, 0.15) is 5.69 Å². The monoisotopic (exact) mass is 389 g/mol. The lowest BCUT2D eigenvalue weighted by molar-refractivity contribution is -0.120. The van der Waals surface area contributed by atoms with E-state index >= 15 is 0 Å². The number of rotatable bonds is 7. The number of thiazole rings is 1. The Morgan fingerprint density at radius 1 is 1.37 bits per heavy atom. The smallest absolute Gasteiger partial charge is 0.274 e. The van der Waals surface area contributed by atoms with Gasteiger partial charge in [-0.05, 0) is 25.8 Å². The SMILES string of the molecule is CCC(=O)NCCc1csc([C@@H]2CCCN(C(=O)c3ccn(CC)n3)C2)n1. The fraction of sp³-hybridized carbons (Fsp3) is 0.579. The molecule has 0 saturated carbocycles. The zero-order valence-corrected chi connectivity index (χ0v) is 16.8. The van der Waals surface area contributed by atoms with Crippen molar-refractivity contribution in [3.63, 3.8) is 0 Å². The van der Waals surface area contributed by atoms with Gasteiger partial charge in [0.15, 0.2) is 0 Å². The van der Waals surface area contributed by atoms with Gasteiger partial charge in [-0.15, -0.1) is 11.3 Å². The number of hydrogen-bond acceptors (Lipinski definition) is 5. The maximum atomic E-state index is 12.7. The summed E-state index contributed by atoms with van der Waals surface area (Å²) in [7, 11) is 0. The van der Waals surface area contributed by atoms with Crippen LogP contribution in [0.2, 0.25) is 0 Å². The van der Waals surface area contributed by atoms with Gasteiger partial charge in [-0.1, -0.05) is 6.92 Å². The second-order valence-electron chi connectivity index (χ2n) is 6.78. The summed E-state index contributed by atoms with van der Waals surface area (Å²) in [6, 6.07) is 1.79. The highest BCUT2D eigenvalue weighted by Gasteiger charge is 2.28. The Morgan fingerprint density at radius 3 is 2.96 bits per heavy atom. The second kappa shape index (κ2) is 9.12. The van der Waals surface area contributed by atoms with Crippen LogP contribution in [0.15, 0.2) is 17.6 Å². The van der Waals surface area contributed by atoms with Crippen molar-refractivity contribution >= 4 is 23.2 Å². The molecule has 7 nitrogen and oxygen atoms in total. The van der Waals surface area contributed by atoms with Crippen LogP contribution in [0.4, 0.5) is 0 Å². The van der Waals surface area contributed by atoms with Crippen LogP contribution in [-0.4, -0.2) is 51.1 Å². The quantitative estimate of drug-likeness (QED) is 0.789. The highest BCUT2D eigenvalue weighted by Crippen LogP contribution is 2.30.